The summed E-state index contributed by atoms with van der Waals surface area (Å²) in [6, 6.07) is 8.46. The van der Waals surface area contributed by atoms with Crippen LogP contribution < -0.4 is 10.2 Å². The van der Waals surface area contributed by atoms with Crippen molar-refractivity contribution >= 4 is 33.5 Å². The molecule has 3 aromatic heterocycles. The van der Waals surface area contributed by atoms with Gasteiger partial charge in [0.2, 0.25) is 0 Å². The quantitative estimate of drug-likeness (QED) is 0.511. The Morgan fingerprint density at radius 2 is 2.10 bits per heavy atom. The largest absolute Gasteiger partial charge is 0.371 e. The molecule has 1 saturated heterocycles. The van der Waals surface area contributed by atoms with Gasteiger partial charge in [0.05, 0.1) is 11.1 Å². The van der Waals surface area contributed by atoms with E-state index in [1.165, 1.54) is 23.9 Å². The Labute approximate surface area is 181 Å². The number of H-pyrrole nitrogens is 1. The lowest BCUT2D eigenvalue weighted by Crippen LogP contribution is -2.34. The second kappa shape index (κ2) is 7.69. The van der Waals surface area contributed by atoms with Crippen LogP contribution in [0.25, 0.3) is 33.1 Å². The van der Waals surface area contributed by atoms with E-state index in [-0.39, 0.29) is 5.91 Å². The lowest BCUT2D eigenvalue weighted by molar-refractivity contribution is 0.0963. The molecular formula is C25H27N5O. The first-order valence-corrected chi connectivity index (χ1v) is 10.9. The fourth-order valence-electron chi connectivity index (χ4n) is 4.77. The molecule has 31 heavy (non-hydrogen) atoms. The van der Waals surface area contributed by atoms with E-state index in [1.807, 2.05) is 18.5 Å². The minimum Gasteiger partial charge on any atom is -0.371 e. The molecule has 2 N–H and O–H groups in total. The first-order valence-electron chi connectivity index (χ1n) is 10.9. The number of benzene rings is 1. The average molecular weight is 414 g/mol. The van der Waals surface area contributed by atoms with Crippen LogP contribution in [0.1, 0.15) is 35.7 Å². The average Bonchev–Trinajstić information content (AvgIpc) is 3.21. The Kier molecular flexibility index (Phi) is 4.85. The number of hydrogen-bond acceptors (Lipinski definition) is 4. The molecule has 0 radical (unpaired) electrons. The van der Waals surface area contributed by atoms with Crippen molar-refractivity contribution < 1.29 is 4.79 Å². The zero-order valence-corrected chi connectivity index (χ0v) is 18.2. The molecule has 4 aromatic rings. The normalized spacial score (nSPS) is 16.7. The third-order valence-corrected chi connectivity index (χ3v) is 6.34. The lowest BCUT2D eigenvalue weighted by Gasteiger charge is -2.33. The van der Waals surface area contributed by atoms with Crippen molar-refractivity contribution in [1.29, 1.82) is 0 Å². The molecule has 1 fully saturated rings. The summed E-state index contributed by atoms with van der Waals surface area (Å²) < 4.78 is 0. The minimum atomic E-state index is -0.137. The maximum Gasteiger partial charge on any atom is 0.252 e. The van der Waals surface area contributed by atoms with Crippen molar-refractivity contribution in [2.24, 2.45) is 5.92 Å². The molecule has 6 heteroatoms. The number of nitrogens with one attached hydrogen (secondary N) is 2. The SMILES string of the molecule is CNC(=O)c1cnc2[nH]cc(-c3cc(C)c4nccc(N5CCCC(C)C5)c4c3)c2c1. The number of piperidine rings is 1. The van der Waals surface area contributed by atoms with Crippen LogP contribution in [0.3, 0.4) is 0 Å². The highest BCUT2D eigenvalue weighted by Gasteiger charge is 2.20. The number of aromatic nitrogens is 3. The van der Waals surface area contributed by atoms with Crippen molar-refractivity contribution in [2.45, 2.75) is 26.7 Å². The number of nitrogens with zero attached hydrogens (tertiary/aromatic N) is 3. The van der Waals surface area contributed by atoms with E-state index in [1.54, 1.807) is 13.2 Å². The van der Waals surface area contributed by atoms with Gasteiger partial charge >= 0.3 is 0 Å². The first kappa shape index (κ1) is 19.5. The Balaban J connectivity index is 1.67. The predicted octanol–water partition coefficient (Wildman–Crippen LogP) is 4.68. The Morgan fingerprint density at radius 1 is 1.23 bits per heavy atom. The van der Waals surface area contributed by atoms with E-state index < -0.39 is 0 Å². The molecule has 5 rings (SSSR count). The monoisotopic (exact) mass is 413 g/mol. The summed E-state index contributed by atoms with van der Waals surface area (Å²) in [6.45, 7) is 6.60. The molecule has 4 heterocycles. The smallest absolute Gasteiger partial charge is 0.252 e. The summed E-state index contributed by atoms with van der Waals surface area (Å²) >= 11 is 0. The standard InChI is InChI=1S/C25H27N5O/c1-15-5-4-8-30(14-15)22-6-7-27-23-16(2)9-17(10-20(22)23)21-13-29-24-19(21)11-18(12-28-24)25(31)26-3/h6-7,9-13,15H,4-5,8,14H2,1-3H3,(H,26,31)(H,28,29). The molecule has 1 atom stereocenters. The van der Waals surface area contributed by atoms with E-state index >= 15 is 0 Å². The summed E-state index contributed by atoms with van der Waals surface area (Å²) in [5.41, 5.74) is 6.92. The van der Waals surface area contributed by atoms with Crippen LogP contribution in [0, 0.1) is 12.8 Å². The van der Waals surface area contributed by atoms with Gasteiger partial charge in [-0.1, -0.05) is 6.92 Å². The lowest BCUT2D eigenvalue weighted by atomic mass is 9.96. The van der Waals surface area contributed by atoms with Crippen LogP contribution in [0.15, 0.2) is 42.9 Å². The number of rotatable bonds is 3. The Hall–Kier alpha value is -3.41. The Morgan fingerprint density at radius 3 is 2.90 bits per heavy atom. The number of fused-ring (bicyclic) bond motifs is 2. The molecule has 1 unspecified atom stereocenters. The van der Waals surface area contributed by atoms with Crippen LogP contribution in [0.2, 0.25) is 0 Å². The van der Waals surface area contributed by atoms with Gasteiger partial charge in [-0.15, -0.1) is 0 Å². The second-order valence-corrected chi connectivity index (χ2v) is 8.61. The molecule has 0 bridgehead atoms. The summed E-state index contributed by atoms with van der Waals surface area (Å²) in [5, 5.41) is 4.79. The molecule has 1 amide bonds. The summed E-state index contributed by atoms with van der Waals surface area (Å²) in [4.78, 5) is 27.0. The highest BCUT2D eigenvalue weighted by molar-refractivity contribution is 6.03. The van der Waals surface area contributed by atoms with Crippen LogP contribution in [0.4, 0.5) is 5.69 Å². The van der Waals surface area contributed by atoms with Gasteiger partial charge in [0, 0.05) is 60.8 Å². The van der Waals surface area contributed by atoms with Crippen LogP contribution in [0.5, 0.6) is 0 Å². The number of pyridine rings is 2. The summed E-state index contributed by atoms with van der Waals surface area (Å²) in [7, 11) is 1.63. The number of aryl methyl sites for hydroxylation is 1. The molecule has 6 nitrogen and oxygen atoms in total. The third kappa shape index (κ3) is 3.42. The maximum absolute atomic E-state index is 12.1. The number of carbonyl (C=O) groups is 1. The van der Waals surface area contributed by atoms with Crippen molar-refractivity contribution in [1.82, 2.24) is 20.3 Å². The molecule has 1 aromatic carbocycles. The number of carbonyl (C=O) groups excluding carboxylic acids is 1. The van der Waals surface area contributed by atoms with Gasteiger partial charge in [-0.25, -0.2) is 4.98 Å². The fraction of sp³-hybridized carbons (Fsp3) is 0.320. The number of amides is 1. The van der Waals surface area contributed by atoms with Crippen molar-refractivity contribution in [2.75, 3.05) is 25.0 Å². The van der Waals surface area contributed by atoms with E-state index in [0.29, 0.717) is 11.5 Å². The Bertz CT molecular complexity index is 1290. The van der Waals surface area contributed by atoms with Gasteiger partial charge in [-0.3, -0.25) is 9.78 Å². The molecule has 1 aliphatic rings. The highest BCUT2D eigenvalue weighted by Crippen LogP contribution is 2.36. The number of anilines is 1. The van der Waals surface area contributed by atoms with Gasteiger partial charge in [-0.05, 0) is 61.1 Å². The van der Waals surface area contributed by atoms with Gasteiger partial charge in [-0.2, -0.15) is 0 Å². The molecule has 158 valence electrons. The first-order chi connectivity index (χ1) is 15.0. The molecular weight excluding hydrogens is 386 g/mol. The van der Waals surface area contributed by atoms with Crippen LogP contribution in [-0.2, 0) is 0 Å². The minimum absolute atomic E-state index is 0.137. The maximum atomic E-state index is 12.1. The van der Waals surface area contributed by atoms with E-state index in [4.69, 9.17) is 0 Å². The van der Waals surface area contributed by atoms with Gasteiger partial charge < -0.3 is 15.2 Å². The molecule has 0 aliphatic carbocycles. The summed E-state index contributed by atoms with van der Waals surface area (Å²) in [6.07, 6.45) is 8.02. The number of hydrogen-bond donors (Lipinski definition) is 2. The van der Waals surface area contributed by atoms with Crippen LogP contribution >= 0.6 is 0 Å². The van der Waals surface area contributed by atoms with Gasteiger partial charge in [0.15, 0.2) is 0 Å². The predicted molar refractivity (Wildman–Crippen MR) is 126 cm³/mol. The zero-order valence-electron chi connectivity index (χ0n) is 18.2. The van der Waals surface area contributed by atoms with E-state index in [9.17, 15) is 4.79 Å². The van der Waals surface area contributed by atoms with Crippen molar-refractivity contribution in [3.63, 3.8) is 0 Å². The van der Waals surface area contributed by atoms with E-state index in [0.717, 1.165) is 46.3 Å². The van der Waals surface area contributed by atoms with Gasteiger partial charge in [0.25, 0.3) is 5.91 Å². The van der Waals surface area contributed by atoms with Crippen LogP contribution in [-0.4, -0.2) is 41.0 Å². The second-order valence-electron chi connectivity index (χ2n) is 8.61. The third-order valence-electron chi connectivity index (χ3n) is 6.34. The number of aromatic amines is 1. The fourth-order valence-corrected chi connectivity index (χ4v) is 4.77. The van der Waals surface area contributed by atoms with Crippen molar-refractivity contribution in [3.05, 3.63) is 54.0 Å². The molecule has 1 aliphatic heterocycles. The van der Waals surface area contributed by atoms with Gasteiger partial charge in [0.1, 0.15) is 5.65 Å². The molecule has 0 spiro atoms. The topological polar surface area (TPSA) is 73.9 Å². The molecule has 0 saturated carbocycles. The van der Waals surface area contributed by atoms with Crippen molar-refractivity contribution in [3.8, 4) is 11.1 Å². The van der Waals surface area contributed by atoms with E-state index in [2.05, 4.69) is 57.2 Å². The zero-order chi connectivity index (χ0) is 21.5. The summed E-state index contributed by atoms with van der Waals surface area (Å²) in [5.74, 6) is 0.561. The highest BCUT2D eigenvalue weighted by atomic mass is 16.1.